The fraction of sp³-hybridized carbons (Fsp3) is 0.286. The van der Waals surface area contributed by atoms with E-state index in [2.05, 4.69) is 34.0 Å². The van der Waals surface area contributed by atoms with Gasteiger partial charge >= 0.3 is 0 Å². The smallest absolute Gasteiger partial charge is 0.128 e. The first kappa shape index (κ1) is 19.4. The van der Waals surface area contributed by atoms with Gasteiger partial charge in [-0.2, -0.15) is 0 Å². The number of aryl methyl sites for hydroxylation is 1. The molecule has 3 aromatic rings. The van der Waals surface area contributed by atoms with Crippen LogP contribution >= 0.6 is 0 Å². The predicted molar refractivity (Wildman–Crippen MR) is 97.4 cm³/mol. The van der Waals surface area contributed by atoms with E-state index >= 15 is 0 Å². The maximum atomic E-state index is 4.53. The van der Waals surface area contributed by atoms with Crippen molar-refractivity contribution >= 4 is 0 Å². The molecule has 3 rings (SSSR count). The summed E-state index contributed by atoms with van der Waals surface area (Å²) >= 11 is 0. The number of hydrogen-bond donors (Lipinski definition) is 0. The summed E-state index contributed by atoms with van der Waals surface area (Å²) in [6.07, 6.45) is 11.6. The van der Waals surface area contributed by atoms with Gasteiger partial charge in [0.15, 0.2) is 0 Å². The predicted octanol–water partition coefficient (Wildman–Crippen LogP) is 5.13. The van der Waals surface area contributed by atoms with Gasteiger partial charge in [-0.15, -0.1) is 35.9 Å². The van der Waals surface area contributed by atoms with E-state index in [1.165, 1.54) is 19.3 Å². The monoisotopic (exact) mass is 509 g/mol. The second kappa shape index (κ2) is 10.2. The van der Waals surface area contributed by atoms with Crippen molar-refractivity contribution in [3.05, 3.63) is 66.9 Å². The Morgan fingerprint density at radius 1 is 0.840 bits per heavy atom. The largest absolute Gasteiger partial charge is 0.304 e. The van der Waals surface area contributed by atoms with Crippen LogP contribution in [0.3, 0.4) is 0 Å². The molecule has 0 spiro atoms. The molecule has 0 saturated carbocycles. The van der Waals surface area contributed by atoms with Crippen molar-refractivity contribution in [1.29, 1.82) is 0 Å². The van der Waals surface area contributed by atoms with Crippen LogP contribution in [0.2, 0.25) is 0 Å². The van der Waals surface area contributed by atoms with E-state index in [9.17, 15) is 0 Å². The molecule has 2 heterocycles. The van der Waals surface area contributed by atoms with Crippen molar-refractivity contribution in [3.63, 3.8) is 0 Å². The minimum atomic E-state index is 0. The van der Waals surface area contributed by atoms with Gasteiger partial charge in [0, 0.05) is 56.2 Å². The molecule has 3 nitrogen and oxygen atoms in total. The molecule has 0 unspecified atom stereocenters. The molecule has 0 fully saturated rings. The first-order valence-corrected chi connectivity index (χ1v) is 8.61. The summed E-state index contributed by atoms with van der Waals surface area (Å²) in [6.45, 7) is 2.22. The van der Waals surface area contributed by atoms with Crippen molar-refractivity contribution in [1.82, 2.24) is 15.0 Å². The molecule has 0 aliphatic carbocycles. The molecule has 0 saturated heterocycles. The number of aromatic nitrogens is 3. The maximum absolute atomic E-state index is 4.53. The van der Waals surface area contributed by atoms with Gasteiger partial charge < -0.3 is 4.98 Å². The van der Waals surface area contributed by atoms with Gasteiger partial charge in [0.25, 0.3) is 0 Å². The van der Waals surface area contributed by atoms with Crippen LogP contribution in [0.25, 0.3) is 22.4 Å². The van der Waals surface area contributed by atoms with E-state index in [1.807, 2.05) is 48.9 Å². The quantitative estimate of drug-likeness (QED) is 0.328. The molecule has 0 amide bonds. The normalized spacial score (nSPS) is 10.3. The molecule has 25 heavy (non-hydrogen) atoms. The van der Waals surface area contributed by atoms with Crippen LogP contribution in [-0.4, -0.2) is 15.0 Å². The number of unbranched alkanes of at least 4 members (excludes halogenated alkanes) is 3. The first-order valence-electron chi connectivity index (χ1n) is 8.61. The van der Waals surface area contributed by atoms with Gasteiger partial charge in [0.05, 0.1) is 0 Å². The number of pyridine rings is 1. The molecule has 131 valence electrons. The maximum Gasteiger partial charge on any atom is 0.128 e. The molecule has 1 radical (unpaired) electrons. The van der Waals surface area contributed by atoms with Crippen molar-refractivity contribution in [2.75, 3.05) is 0 Å². The Labute approximate surface area is 163 Å². The third-order valence-corrected chi connectivity index (χ3v) is 4.04. The fourth-order valence-electron chi connectivity index (χ4n) is 2.62. The summed E-state index contributed by atoms with van der Waals surface area (Å²) in [5.41, 5.74) is 3.96. The van der Waals surface area contributed by atoms with Gasteiger partial charge in [-0.1, -0.05) is 38.3 Å². The number of rotatable bonds is 7. The fourth-order valence-corrected chi connectivity index (χ4v) is 2.62. The average Bonchev–Trinajstić information content (AvgIpc) is 2.67. The van der Waals surface area contributed by atoms with Crippen LogP contribution in [0.1, 0.15) is 38.4 Å². The molecule has 0 aliphatic heterocycles. The molecular formula is C21H22IrN3-. The Bertz CT molecular complexity index is 740. The molecule has 2 aromatic heterocycles. The van der Waals surface area contributed by atoms with Gasteiger partial charge in [0.2, 0.25) is 0 Å². The number of hydrogen-bond acceptors (Lipinski definition) is 3. The van der Waals surface area contributed by atoms with Crippen molar-refractivity contribution in [3.8, 4) is 22.4 Å². The van der Waals surface area contributed by atoms with Crippen molar-refractivity contribution < 1.29 is 20.1 Å². The molecule has 0 aliphatic rings. The van der Waals surface area contributed by atoms with Gasteiger partial charge in [-0.25, -0.2) is 9.97 Å². The van der Waals surface area contributed by atoms with Crippen molar-refractivity contribution in [2.24, 2.45) is 0 Å². The Balaban J connectivity index is 0.00000225. The first-order chi connectivity index (χ1) is 11.9. The van der Waals surface area contributed by atoms with Crippen LogP contribution in [0, 0.1) is 6.07 Å². The van der Waals surface area contributed by atoms with E-state index in [4.69, 9.17) is 0 Å². The molecule has 1 aromatic carbocycles. The zero-order valence-electron chi connectivity index (χ0n) is 14.4. The standard InChI is InChI=1S/C21H22N3.Ir/c1-2-3-4-8-11-21-23-15-19(16-24-21)18-12-13-20(22-14-18)17-9-6-5-7-10-17;/h5-7,9,12-16H,2-4,8,11H2,1H3;/q-1;. The Hall–Kier alpha value is -1.90. The van der Waals surface area contributed by atoms with E-state index in [-0.39, 0.29) is 20.1 Å². The van der Waals surface area contributed by atoms with Crippen LogP contribution < -0.4 is 0 Å². The Morgan fingerprint density at radius 2 is 1.64 bits per heavy atom. The van der Waals surface area contributed by atoms with Crippen LogP contribution in [0.15, 0.2) is 55.0 Å². The minimum absolute atomic E-state index is 0. The topological polar surface area (TPSA) is 38.7 Å². The second-order valence-electron chi connectivity index (χ2n) is 5.91. The van der Waals surface area contributed by atoms with Crippen LogP contribution in [0.4, 0.5) is 0 Å². The summed E-state index contributed by atoms with van der Waals surface area (Å²) in [4.78, 5) is 13.5. The molecule has 4 heteroatoms. The third kappa shape index (κ3) is 5.55. The summed E-state index contributed by atoms with van der Waals surface area (Å²) in [5, 5.41) is 0. The summed E-state index contributed by atoms with van der Waals surface area (Å²) in [5.74, 6) is 0.929. The van der Waals surface area contributed by atoms with E-state index < -0.39 is 0 Å². The Kier molecular flexibility index (Phi) is 7.90. The Morgan fingerprint density at radius 3 is 2.28 bits per heavy atom. The van der Waals surface area contributed by atoms with Crippen LogP contribution in [0.5, 0.6) is 0 Å². The van der Waals surface area contributed by atoms with Gasteiger partial charge in [-0.3, -0.25) is 0 Å². The number of nitrogens with zero attached hydrogens (tertiary/aromatic N) is 3. The second-order valence-corrected chi connectivity index (χ2v) is 5.91. The SMILES string of the molecule is CCCCCCc1ncc(-c2ccc(-c3[c-]cccc3)nc2)cn1.[Ir]. The summed E-state index contributed by atoms with van der Waals surface area (Å²) in [7, 11) is 0. The zero-order valence-corrected chi connectivity index (χ0v) is 16.8. The van der Waals surface area contributed by atoms with E-state index in [0.29, 0.717) is 0 Å². The average molecular weight is 509 g/mol. The third-order valence-electron chi connectivity index (χ3n) is 4.04. The van der Waals surface area contributed by atoms with Crippen molar-refractivity contribution in [2.45, 2.75) is 39.0 Å². The van der Waals surface area contributed by atoms with E-state index in [0.717, 1.165) is 41.1 Å². The van der Waals surface area contributed by atoms with E-state index in [1.54, 1.807) is 0 Å². The van der Waals surface area contributed by atoms with Gasteiger partial charge in [0.1, 0.15) is 5.82 Å². The summed E-state index contributed by atoms with van der Waals surface area (Å²) < 4.78 is 0. The van der Waals surface area contributed by atoms with Crippen LogP contribution in [-0.2, 0) is 26.5 Å². The minimum Gasteiger partial charge on any atom is -0.304 e. The zero-order chi connectivity index (χ0) is 16.6. The molecule has 0 bridgehead atoms. The van der Waals surface area contributed by atoms with Gasteiger partial charge in [-0.05, 0) is 12.1 Å². The summed E-state index contributed by atoms with van der Waals surface area (Å²) in [6, 6.07) is 15.1. The molecule has 0 atom stereocenters. The molecular weight excluding hydrogens is 486 g/mol. The number of benzene rings is 1. The molecule has 0 N–H and O–H groups in total.